The van der Waals surface area contributed by atoms with Gasteiger partial charge in [-0.05, 0) is 24.1 Å². The van der Waals surface area contributed by atoms with Crippen LogP contribution in [-0.2, 0) is 13.1 Å². The normalized spacial score (nSPS) is 10.8. The van der Waals surface area contributed by atoms with E-state index < -0.39 is 0 Å². The topological polar surface area (TPSA) is 64.0 Å². The third kappa shape index (κ3) is 3.56. The number of hydrogen-bond acceptors (Lipinski definition) is 3. The number of aryl methyl sites for hydroxylation is 1. The van der Waals surface area contributed by atoms with E-state index in [0.717, 1.165) is 12.0 Å². The summed E-state index contributed by atoms with van der Waals surface area (Å²) >= 11 is 6.12. The molecule has 1 amide bonds. The molecule has 0 aliphatic heterocycles. The second-order valence-corrected chi connectivity index (χ2v) is 6.10. The number of aromatic nitrogens is 2. The lowest BCUT2D eigenvalue weighted by atomic mass is 10.1. The highest BCUT2D eigenvalue weighted by Crippen LogP contribution is 2.16. The summed E-state index contributed by atoms with van der Waals surface area (Å²) in [5.74, 6) is -0.332. The Morgan fingerprint density at radius 1 is 1.12 bits per heavy atom. The quantitative estimate of drug-likeness (QED) is 0.763. The van der Waals surface area contributed by atoms with Gasteiger partial charge in [0.2, 0.25) is 0 Å². The lowest BCUT2D eigenvalue weighted by molar-refractivity contribution is 0.0945. The second-order valence-electron chi connectivity index (χ2n) is 5.70. The summed E-state index contributed by atoms with van der Waals surface area (Å²) in [4.78, 5) is 25.1. The van der Waals surface area contributed by atoms with E-state index in [0.29, 0.717) is 28.9 Å². The molecule has 3 rings (SSSR count). The van der Waals surface area contributed by atoms with Gasteiger partial charge in [0.25, 0.3) is 11.5 Å². The first kappa shape index (κ1) is 17.2. The van der Waals surface area contributed by atoms with Crippen LogP contribution in [0.3, 0.4) is 0 Å². The molecule has 0 saturated heterocycles. The maximum Gasteiger partial charge on any atom is 0.274 e. The Hall–Kier alpha value is -2.66. The number of amides is 1. The van der Waals surface area contributed by atoms with Crippen LogP contribution in [0.25, 0.3) is 10.8 Å². The summed E-state index contributed by atoms with van der Waals surface area (Å²) in [6.07, 6.45) is 0.756. The van der Waals surface area contributed by atoms with Crippen molar-refractivity contribution in [3.05, 3.63) is 75.2 Å². The lowest BCUT2D eigenvalue weighted by Gasteiger charge is -2.11. The summed E-state index contributed by atoms with van der Waals surface area (Å²) in [5.41, 5.74) is 0.888. The minimum absolute atomic E-state index is 0.180. The van der Waals surface area contributed by atoms with Crippen LogP contribution < -0.4 is 10.9 Å². The average Bonchev–Trinajstić information content (AvgIpc) is 2.63. The third-order valence-electron chi connectivity index (χ3n) is 3.92. The van der Waals surface area contributed by atoms with Crippen molar-refractivity contribution in [2.24, 2.45) is 0 Å². The van der Waals surface area contributed by atoms with Crippen molar-refractivity contribution in [1.29, 1.82) is 0 Å². The Morgan fingerprint density at radius 3 is 2.52 bits per heavy atom. The first-order chi connectivity index (χ1) is 12.1. The number of hydrogen-bond donors (Lipinski definition) is 1. The zero-order valence-corrected chi connectivity index (χ0v) is 14.6. The summed E-state index contributed by atoms with van der Waals surface area (Å²) in [6.45, 7) is 2.72. The molecular weight excluding hydrogens is 338 g/mol. The highest BCUT2D eigenvalue weighted by molar-refractivity contribution is 6.31. The predicted octanol–water partition coefficient (Wildman–Crippen LogP) is 3.39. The smallest absolute Gasteiger partial charge is 0.274 e. The van der Waals surface area contributed by atoms with Crippen LogP contribution in [0.2, 0.25) is 5.02 Å². The van der Waals surface area contributed by atoms with Crippen molar-refractivity contribution < 1.29 is 4.79 Å². The van der Waals surface area contributed by atoms with Gasteiger partial charge < -0.3 is 5.32 Å². The molecule has 0 unspecified atom stereocenters. The SMILES string of the molecule is CCCn1nc(C(=O)NCc2ccccc2Cl)c2ccccc2c1=O. The highest BCUT2D eigenvalue weighted by atomic mass is 35.5. The predicted molar refractivity (Wildman–Crippen MR) is 98.9 cm³/mol. The molecule has 128 valence electrons. The zero-order valence-electron chi connectivity index (χ0n) is 13.8. The number of nitrogens with one attached hydrogen (secondary N) is 1. The van der Waals surface area contributed by atoms with Gasteiger partial charge in [-0.15, -0.1) is 0 Å². The molecular formula is C19H18ClN3O2. The largest absolute Gasteiger partial charge is 0.346 e. The van der Waals surface area contributed by atoms with Crippen LogP contribution in [0.4, 0.5) is 0 Å². The molecule has 0 bridgehead atoms. The number of carbonyl (C=O) groups excluding carboxylic acids is 1. The zero-order chi connectivity index (χ0) is 17.8. The maximum atomic E-state index is 12.7. The minimum atomic E-state index is -0.332. The van der Waals surface area contributed by atoms with E-state index >= 15 is 0 Å². The van der Waals surface area contributed by atoms with E-state index in [9.17, 15) is 9.59 Å². The molecule has 1 heterocycles. The van der Waals surface area contributed by atoms with E-state index in [1.165, 1.54) is 4.68 Å². The molecule has 5 nitrogen and oxygen atoms in total. The van der Waals surface area contributed by atoms with Crippen molar-refractivity contribution in [1.82, 2.24) is 15.1 Å². The maximum absolute atomic E-state index is 12.7. The number of halogens is 1. The number of nitrogens with zero attached hydrogens (tertiary/aromatic N) is 2. The number of fused-ring (bicyclic) bond motifs is 1. The molecule has 0 radical (unpaired) electrons. The van der Waals surface area contributed by atoms with Gasteiger partial charge in [0.05, 0.1) is 5.39 Å². The van der Waals surface area contributed by atoms with Gasteiger partial charge in [0.1, 0.15) is 0 Å². The molecule has 0 aliphatic carbocycles. The van der Waals surface area contributed by atoms with Crippen molar-refractivity contribution in [3.8, 4) is 0 Å². The molecule has 6 heteroatoms. The Labute approximate surface area is 150 Å². The first-order valence-corrected chi connectivity index (χ1v) is 8.51. The third-order valence-corrected chi connectivity index (χ3v) is 4.28. The van der Waals surface area contributed by atoms with Gasteiger partial charge in [-0.3, -0.25) is 9.59 Å². The Kier molecular flexibility index (Phi) is 5.14. The monoisotopic (exact) mass is 355 g/mol. The number of benzene rings is 2. The van der Waals surface area contributed by atoms with Crippen LogP contribution >= 0.6 is 11.6 Å². The van der Waals surface area contributed by atoms with Gasteiger partial charge in [-0.25, -0.2) is 4.68 Å². The molecule has 1 N–H and O–H groups in total. The van der Waals surface area contributed by atoms with Crippen molar-refractivity contribution in [2.45, 2.75) is 26.4 Å². The van der Waals surface area contributed by atoms with E-state index in [1.54, 1.807) is 30.3 Å². The van der Waals surface area contributed by atoms with Crippen LogP contribution in [0.1, 0.15) is 29.4 Å². The summed E-state index contributed by atoms with van der Waals surface area (Å²) in [6, 6.07) is 14.4. The molecule has 0 saturated carbocycles. The standard InChI is InChI=1S/C19H18ClN3O2/c1-2-11-23-19(25)15-9-5-4-8-14(15)17(22-23)18(24)21-12-13-7-3-6-10-16(13)20/h3-10H,2,11-12H2,1H3,(H,21,24). The molecule has 2 aromatic carbocycles. The van der Waals surface area contributed by atoms with Crippen molar-refractivity contribution >= 4 is 28.3 Å². The molecule has 0 aliphatic rings. The van der Waals surface area contributed by atoms with E-state index in [-0.39, 0.29) is 17.2 Å². The Morgan fingerprint density at radius 2 is 1.80 bits per heavy atom. The van der Waals surface area contributed by atoms with E-state index in [4.69, 9.17) is 11.6 Å². The molecule has 0 spiro atoms. The summed E-state index contributed by atoms with van der Waals surface area (Å²) in [5, 5.41) is 8.76. The van der Waals surface area contributed by atoms with Crippen molar-refractivity contribution in [2.75, 3.05) is 0 Å². The van der Waals surface area contributed by atoms with Gasteiger partial charge in [0.15, 0.2) is 5.69 Å². The van der Waals surface area contributed by atoms with Crippen LogP contribution in [0.15, 0.2) is 53.3 Å². The van der Waals surface area contributed by atoms with E-state index in [2.05, 4.69) is 10.4 Å². The number of rotatable bonds is 5. The molecule has 3 aromatic rings. The fraction of sp³-hybridized carbons (Fsp3) is 0.211. The Bertz CT molecular complexity index is 982. The van der Waals surface area contributed by atoms with Gasteiger partial charge >= 0.3 is 0 Å². The summed E-state index contributed by atoms with van der Waals surface area (Å²) in [7, 11) is 0. The second kappa shape index (κ2) is 7.49. The molecule has 0 fully saturated rings. The minimum Gasteiger partial charge on any atom is -0.346 e. The van der Waals surface area contributed by atoms with Crippen LogP contribution in [0.5, 0.6) is 0 Å². The van der Waals surface area contributed by atoms with Gasteiger partial charge in [-0.2, -0.15) is 5.10 Å². The van der Waals surface area contributed by atoms with Crippen molar-refractivity contribution in [3.63, 3.8) is 0 Å². The lowest BCUT2D eigenvalue weighted by Crippen LogP contribution is -2.30. The number of carbonyl (C=O) groups is 1. The fourth-order valence-corrected chi connectivity index (χ4v) is 2.87. The Balaban J connectivity index is 1.96. The highest BCUT2D eigenvalue weighted by Gasteiger charge is 2.16. The average molecular weight is 356 g/mol. The molecule has 1 aromatic heterocycles. The van der Waals surface area contributed by atoms with Crippen LogP contribution in [-0.4, -0.2) is 15.7 Å². The summed E-state index contributed by atoms with van der Waals surface area (Å²) < 4.78 is 1.35. The van der Waals surface area contributed by atoms with Gasteiger partial charge in [-0.1, -0.05) is 54.9 Å². The van der Waals surface area contributed by atoms with Crippen LogP contribution in [0, 0.1) is 0 Å². The molecule has 0 atom stereocenters. The fourth-order valence-electron chi connectivity index (χ4n) is 2.67. The van der Waals surface area contributed by atoms with E-state index in [1.807, 2.05) is 25.1 Å². The molecule has 25 heavy (non-hydrogen) atoms. The first-order valence-electron chi connectivity index (χ1n) is 8.13. The van der Waals surface area contributed by atoms with Gasteiger partial charge in [0, 0.05) is 23.5 Å².